The predicted octanol–water partition coefficient (Wildman–Crippen LogP) is 3.27. The van der Waals surface area contributed by atoms with Crippen LogP contribution in [0.4, 0.5) is 5.82 Å². The largest absolute Gasteiger partial charge is 0.367 e. The first kappa shape index (κ1) is 11.7. The Kier molecular flexibility index (Phi) is 3.58. The van der Waals surface area contributed by atoms with Crippen molar-refractivity contribution in [1.82, 2.24) is 9.97 Å². The Morgan fingerprint density at radius 1 is 1.06 bits per heavy atom. The number of rotatable bonds is 2. The van der Waals surface area contributed by atoms with Crippen LogP contribution < -0.4 is 5.32 Å². The molecule has 0 aliphatic heterocycles. The van der Waals surface area contributed by atoms with Gasteiger partial charge in [0.1, 0.15) is 12.1 Å². The lowest BCUT2D eigenvalue weighted by atomic mass is 10.0. The fraction of sp³-hybridized carbons (Fsp3) is 0.600. The van der Waals surface area contributed by atoms with E-state index in [1.807, 2.05) is 0 Å². The summed E-state index contributed by atoms with van der Waals surface area (Å²) in [6.45, 7) is 0. The van der Waals surface area contributed by atoms with Crippen LogP contribution in [0.2, 0.25) is 0 Å². The number of fused-ring (bicyclic) bond motifs is 1. The minimum atomic E-state index is 0.553. The van der Waals surface area contributed by atoms with Crippen LogP contribution in [0.1, 0.15) is 49.8 Å². The normalized spacial score (nSPS) is 23.2. The summed E-state index contributed by atoms with van der Waals surface area (Å²) < 4.78 is 0. The smallest absolute Gasteiger partial charge is 0.133 e. The molecule has 3 rings (SSSR count). The highest BCUT2D eigenvalue weighted by Gasteiger charge is 2.17. The molecule has 0 saturated carbocycles. The van der Waals surface area contributed by atoms with E-state index in [-0.39, 0.29) is 0 Å². The molecule has 1 N–H and O–H groups in total. The highest BCUT2D eigenvalue weighted by Crippen LogP contribution is 2.25. The van der Waals surface area contributed by atoms with E-state index in [2.05, 4.69) is 27.4 Å². The van der Waals surface area contributed by atoms with Crippen molar-refractivity contribution in [2.24, 2.45) is 0 Å². The number of allylic oxidation sites excluding steroid dienone is 1. The molecule has 0 radical (unpaired) electrons. The van der Waals surface area contributed by atoms with Gasteiger partial charge in [-0.3, -0.25) is 0 Å². The van der Waals surface area contributed by atoms with Gasteiger partial charge in [0.2, 0.25) is 0 Å². The highest BCUT2D eigenvalue weighted by atomic mass is 15.0. The summed E-state index contributed by atoms with van der Waals surface area (Å²) in [4.78, 5) is 8.95. The van der Waals surface area contributed by atoms with Gasteiger partial charge in [-0.15, -0.1) is 0 Å². The van der Waals surface area contributed by atoms with Crippen molar-refractivity contribution >= 4 is 5.82 Å². The summed E-state index contributed by atoms with van der Waals surface area (Å²) in [5.74, 6) is 1.10. The maximum atomic E-state index is 4.48. The van der Waals surface area contributed by atoms with Gasteiger partial charge in [-0.05, 0) is 44.9 Å². The van der Waals surface area contributed by atoms with Crippen LogP contribution in [0, 0.1) is 0 Å². The van der Waals surface area contributed by atoms with Crippen LogP contribution in [0.25, 0.3) is 0 Å². The molecule has 96 valence electrons. The zero-order valence-electron chi connectivity index (χ0n) is 10.9. The molecule has 1 atom stereocenters. The van der Waals surface area contributed by atoms with Gasteiger partial charge in [0.25, 0.3) is 0 Å². The van der Waals surface area contributed by atoms with Crippen LogP contribution in [0.3, 0.4) is 0 Å². The average Bonchev–Trinajstić information content (AvgIpc) is 2.66. The van der Waals surface area contributed by atoms with Crippen LogP contribution in [-0.4, -0.2) is 16.0 Å². The molecule has 0 spiro atoms. The van der Waals surface area contributed by atoms with E-state index in [0.29, 0.717) is 6.04 Å². The summed E-state index contributed by atoms with van der Waals surface area (Å²) in [5.41, 5.74) is 2.65. The van der Waals surface area contributed by atoms with Crippen molar-refractivity contribution in [1.29, 1.82) is 0 Å². The van der Waals surface area contributed by atoms with E-state index in [0.717, 1.165) is 25.1 Å². The summed E-state index contributed by atoms with van der Waals surface area (Å²) in [7, 11) is 0. The Morgan fingerprint density at radius 3 is 2.89 bits per heavy atom. The molecule has 0 saturated heterocycles. The summed E-state index contributed by atoms with van der Waals surface area (Å²) >= 11 is 0. The topological polar surface area (TPSA) is 37.8 Å². The first-order valence-corrected chi connectivity index (χ1v) is 7.18. The van der Waals surface area contributed by atoms with Crippen molar-refractivity contribution in [3.63, 3.8) is 0 Å². The van der Waals surface area contributed by atoms with Crippen molar-refractivity contribution < 1.29 is 0 Å². The second-order valence-corrected chi connectivity index (χ2v) is 5.33. The van der Waals surface area contributed by atoms with Gasteiger partial charge >= 0.3 is 0 Å². The molecule has 2 aliphatic rings. The first-order chi connectivity index (χ1) is 8.93. The Hall–Kier alpha value is -1.38. The molecule has 0 bridgehead atoms. The average molecular weight is 243 g/mol. The zero-order chi connectivity index (χ0) is 12.2. The third-order valence-electron chi connectivity index (χ3n) is 3.98. The minimum absolute atomic E-state index is 0.553. The maximum absolute atomic E-state index is 4.48. The number of aromatic nitrogens is 2. The summed E-state index contributed by atoms with van der Waals surface area (Å²) in [6, 6.07) is 0.553. The molecular formula is C15H21N3. The molecule has 1 unspecified atom stereocenters. The molecule has 1 heterocycles. The van der Waals surface area contributed by atoms with Crippen LogP contribution in [0.15, 0.2) is 18.5 Å². The maximum Gasteiger partial charge on any atom is 0.133 e. The fourth-order valence-corrected chi connectivity index (χ4v) is 2.94. The van der Waals surface area contributed by atoms with Crippen LogP contribution in [0.5, 0.6) is 0 Å². The van der Waals surface area contributed by atoms with Crippen molar-refractivity contribution in [2.75, 3.05) is 5.32 Å². The van der Waals surface area contributed by atoms with Gasteiger partial charge in [0.05, 0.1) is 0 Å². The van der Waals surface area contributed by atoms with Gasteiger partial charge in [-0.25, -0.2) is 9.97 Å². The molecule has 0 amide bonds. The molecule has 18 heavy (non-hydrogen) atoms. The van der Waals surface area contributed by atoms with Crippen molar-refractivity contribution in [2.45, 2.75) is 57.4 Å². The van der Waals surface area contributed by atoms with Crippen molar-refractivity contribution in [3.8, 4) is 0 Å². The van der Waals surface area contributed by atoms with E-state index in [4.69, 9.17) is 0 Å². The number of hydrogen-bond acceptors (Lipinski definition) is 3. The van der Waals surface area contributed by atoms with E-state index < -0.39 is 0 Å². The Balaban J connectivity index is 1.80. The summed E-state index contributed by atoms with van der Waals surface area (Å²) in [6.07, 6.45) is 15.9. The third-order valence-corrected chi connectivity index (χ3v) is 3.98. The number of aryl methyl sites for hydroxylation is 1. The standard InChI is InChI=1S/C15H21N3/c1-3-7-12(8-4-1)18-15-13-9-5-2-6-10-14(13)16-11-17-15/h1,3,11-12H,2,4-10H2,(H,16,17,18). The molecule has 3 nitrogen and oxygen atoms in total. The zero-order valence-corrected chi connectivity index (χ0v) is 10.9. The van der Waals surface area contributed by atoms with E-state index in [1.165, 1.54) is 43.4 Å². The van der Waals surface area contributed by atoms with E-state index in [9.17, 15) is 0 Å². The van der Waals surface area contributed by atoms with E-state index >= 15 is 0 Å². The second-order valence-electron chi connectivity index (χ2n) is 5.33. The van der Waals surface area contributed by atoms with Gasteiger partial charge in [-0.1, -0.05) is 18.6 Å². The highest BCUT2D eigenvalue weighted by molar-refractivity contribution is 5.47. The van der Waals surface area contributed by atoms with Gasteiger partial charge in [0, 0.05) is 17.3 Å². The molecule has 3 heteroatoms. The molecule has 1 aromatic heterocycles. The fourth-order valence-electron chi connectivity index (χ4n) is 2.94. The van der Waals surface area contributed by atoms with Gasteiger partial charge in [-0.2, -0.15) is 0 Å². The van der Waals surface area contributed by atoms with Crippen LogP contribution in [-0.2, 0) is 12.8 Å². The lowest BCUT2D eigenvalue weighted by molar-refractivity contribution is 0.639. The van der Waals surface area contributed by atoms with Gasteiger partial charge < -0.3 is 5.32 Å². The lowest BCUT2D eigenvalue weighted by Gasteiger charge is -2.22. The number of nitrogens with one attached hydrogen (secondary N) is 1. The monoisotopic (exact) mass is 243 g/mol. The quantitative estimate of drug-likeness (QED) is 0.640. The molecule has 1 aromatic rings. The SMILES string of the molecule is C1=CCC(Nc2ncnc3c2CCCCC3)CC1. The van der Waals surface area contributed by atoms with E-state index in [1.54, 1.807) is 6.33 Å². The van der Waals surface area contributed by atoms with Crippen LogP contribution >= 0.6 is 0 Å². The lowest BCUT2D eigenvalue weighted by Crippen LogP contribution is -2.22. The molecule has 0 aromatic carbocycles. The number of anilines is 1. The molecule has 0 fully saturated rings. The first-order valence-electron chi connectivity index (χ1n) is 7.18. The number of nitrogens with zero attached hydrogens (tertiary/aromatic N) is 2. The molecular weight excluding hydrogens is 222 g/mol. The Morgan fingerprint density at radius 2 is 2.00 bits per heavy atom. The predicted molar refractivity (Wildman–Crippen MR) is 73.7 cm³/mol. The van der Waals surface area contributed by atoms with Crippen molar-refractivity contribution in [3.05, 3.63) is 29.7 Å². The third kappa shape index (κ3) is 2.55. The molecule has 2 aliphatic carbocycles. The number of hydrogen-bond donors (Lipinski definition) is 1. The Labute approximate surface area is 109 Å². The van der Waals surface area contributed by atoms with Gasteiger partial charge in [0.15, 0.2) is 0 Å². The Bertz CT molecular complexity index is 439. The minimum Gasteiger partial charge on any atom is -0.367 e. The summed E-state index contributed by atoms with van der Waals surface area (Å²) in [5, 5.41) is 3.63. The second kappa shape index (κ2) is 5.51.